The topological polar surface area (TPSA) is 69.6 Å². The zero-order chi connectivity index (χ0) is 12.7. The molecule has 0 aromatic rings. The van der Waals surface area contributed by atoms with E-state index in [1.54, 1.807) is 11.8 Å². The highest BCUT2D eigenvalue weighted by atomic mass is 16.4. The van der Waals surface area contributed by atoms with Gasteiger partial charge in [0, 0.05) is 19.1 Å². The molecule has 0 aromatic heterocycles. The molecule has 0 heterocycles. The molecule has 0 aromatic carbocycles. The lowest BCUT2D eigenvalue weighted by Gasteiger charge is -2.25. The highest BCUT2D eigenvalue weighted by molar-refractivity contribution is 5.75. The van der Waals surface area contributed by atoms with Gasteiger partial charge in [-0.1, -0.05) is 13.8 Å². The van der Waals surface area contributed by atoms with Crippen molar-refractivity contribution in [1.29, 1.82) is 0 Å². The van der Waals surface area contributed by atoms with Crippen molar-refractivity contribution >= 4 is 12.0 Å². The van der Waals surface area contributed by atoms with Gasteiger partial charge in [0.05, 0.1) is 6.42 Å². The van der Waals surface area contributed by atoms with Crippen molar-refractivity contribution in [2.45, 2.75) is 40.2 Å². The van der Waals surface area contributed by atoms with Crippen LogP contribution in [0.5, 0.6) is 0 Å². The molecule has 0 rings (SSSR count). The van der Waals surface area contributed by atoms with Gasteiger partial charge in [-0.2, -0.15) is 0 Å². The SMILES string of the molecule is CCN(CC(C)C)C(=O)NC(C)CC(=O)O. The van der Waals surface area contributed by atoms with E-state index in [0.717, 1.165) is 0 Å². The number of aliphatic carboxylic acids is 1. The minimum absolute atomic E-state index is 0.0506. The molecule has 2 amide bonds. The first kappa shape index (κ1) is 14.7. The van der Waals surface area contributed by atoms with Gasteiger partial charge in [0.15, 0.2) is 0 Å². The Kier molecular flexibility index (Phi) is 6.53. The van der Waals surface area contributed by atoms with Crippen LogP contribution >= 0.6 is 0 Å². The summed E-state index contributed by atoms with van der Waals surface area (Å²) in [6.45, 7) is 8.98. The second-order valence-electron chi connectivity index (χ2n) is 4.38. The largest absolute Gasteiger partial charge is 0.481 e. The van der Waals surface area contributed by atoms with Gasteiger partial charge in [-0.15, -0.1) is 0 Å². The van der Waals surface area contributed by atoms with Gasteiger partial charge in [0.1, 0.15) is 0 Å². The second kappa shape index (κ2) is 7.09. The van der Waals surface area contributed by atoms with E-state index >= 15 is 0 Å². The molecular formula is C11H22N2O3. The normalized spacial score (nSPS) is 12.3. The summed E-state index contributed by atoms with van der Waals surface area (Å²) in [6.07, 6.45) is -0.0506. The second-order valence-corrected chi connectivity index (χ2v) is 4.38. The predicted molar refractivity (Wildman–Crippen MR) is 62.3 cm³/mol. The van der Waals surface area contributed by atoms with Gasteiger partial charge in [-0.25, -0.2) is 4.79 Å². The van der Waals surface area contributed by atoms with Crippen molar-refractivity contribution in [3.05, 3.63) is 0 Å². The number of carboxylic acid groups (broad SMARTS) is 1. The monoisotopic (exact) mass is 230 g/mol. The molecule has 0 aliphatic carbocycles. The molecule has 5 heteroatoms. The molecule has 0 saturated carbocycles. The first-order valence-electron chi connectivity index (χ1n) is 5.64. The first-order chi connectivity index (χ1) is 7.36. The molecule has 5 nitrogen and oxygen atoms in total. The minimum Gasteiger partial charge on any atom is -0.481 e. The van der Waals surface area contributed by atoms with Gasteiger partial charge in [0.25, 0.3) is 0 Å². The lowest BCUT2D eigenvalue weighted by molar-refractivity contribution is -0.137. The van der Waals surface area contributed by atoms with E-state index < -0.39 is 5.97 Å². The fraction of sp³-hybridized carbons (Fsp3) is 0.818. The maximum atomic E-state index is 11.7. The maximum Gasteiger partial charge on any atom is 0.317 e. The third kappa shape index (κ3) is 6.27. The van der Waals surface area contributed by atoms with E-state index in [1.165, 1.54) is 0 Å². The number of hydrogen-bond donors (Lipinski definition) is 2. The van der Waals surface area contributed by atoms with Gasteiger partial charge < -0.3 is 15.3 Å². The highest BCUT2D eigenvalue weighted by Gasteiger charge is 2.16. The standard InChI is InChI=1S/C11H22N2O3/c1-5-13(7-8(2)3)11(16)12-9(4)6-10(14)15/h8-9H,5-7H2,1-4H3,(H,12,16)(H,14,15). The predicted octanol–water partition coefficient (Wildman–Crippen LogP) is 1.54. The third-order valence-corrected chi connectivity index (χ3v) is 2.11. The Balaban J connectivity index is 4.15. The lowest BCUT2D eigenvalue weighted by Crippen LogP contribution is -2.45. The van der Waals surface area contributed by atoms with Crippen LogP contribution in [0.2, 0.25) is 0 Å². The molecule has 0 aliphatic heterocycles. The summed E-state index contributed by atoms with van der Waals surface area (Å²) in [5.41, 5.74) is 0. The summed E-state index contributed by atoms with van der Waals surface area (Å²) >= 11 is 0. The van der Waals surface area contributed by atoms with Crippen molar-refractivity contribution in [2.24, 2.45) is 5.92 Å². The van der Waals surface area contributed by atoms with Crippen LogP contribution in [-0.2, 0) is 4.79 Å². The van der Waals surface area contributed by atoms with Crippen LogP contribution in [0, 0.1) is 5.92 Å². The van der Waals surface area contributed by atoms with Gasteiger partial charge in [-0.3, -0.25) is 4.79 Å². The van der Waals surface area contributed by atoms with E-state index in [4.69, 9.17) is 5.11 Å². The van der Waals surface area contributed by atoms with E-state index in [1.807, 2.05) is 20.8 Å². The van der Waals surface area contributed by atoms with Gasteiger partial charge in [0.2, 0.25) is 0 Å². The van der Waals surface area contributed by atoms with Crippen LogP contribution in [0.25, 0.3) is 0 Å². The van der Waals surface area contributed by atoms with Crippen molar-refractivity contribution < 1.29 is 14.7 Å². The maximum absolute atomic E-state index is 11.7. The fourth-order valence-electron chi connectivity index (χ4n) is 1.41. The van der Waals surface area contributed by atoms with Crippen LogP contribution in [0.1, 0.15) is 34.1 Å². The summed E-state index contributed by atoms with van der Waals surface area (Å²) < 4.78 is 0. The van der Waals surface area contributed by atoms with E-state index in [9.17, 15) is 9.59 Å². The zero-order valence-electron chi connectivity index (χ0n) is 10.5. The molecule has 2 N–H and O–H groups in total. The number of amides is 2. The van der Waals surface area contributed by atoms with E-state index in [-0.39, 0.29) is 18.5 Å². The zero-order valence-corrected chi connectivity index (χ0v) is 10.5. The van der Waals surface area contributed by atoms with Crippen molar-refractivity contribution in [3.63, 3.8) is 0 Å². The molecule has 0 radical (unpaired) electrons. The van der Waals surface area contributed by atoms with Gasteiger partial charge in [-0.05, 0) is 19.8 Å². The molecule has 1 unspecified atom stereocenters. The summed E-state index contributed by atoms with van der Waals surface area (Å²) in [5.74, 6) is -0.500. The fourth-order valence-corrected chi connectivity index (χ4v) is 1.41. The molecule has 0 fully saturated rings. The van der Waals surface area contributed by atoms with Crippen LogP contribution in [-0.4, -0.2) is 41.1 Å². The van der Waals surface area contributed by atoms with Crippen LogP contribution in [0.4, 0.5) is 4.79 Å². The molecule has 94 valence electrons. The molecule has 0 saturated heterocycles. The summed E-state index contributed by atoms with van der Waals surface area (Å²) in [6, 6.07) is -0.531. The van der Waals surface area contributed by atoms with Crippen molar-refractivity contribution in [2.75, 3.05) is 13.1 Å². The lowest BCUT2D eigenvalue weighted by atomic mass is 10.2. The Labute approximate surface area is 96.8 Å². The average molecular weight is 230 g/mol. The van der Waals surface area contributed by atoms with Crippen molar-refractivity contribution in [1.82, 2.24) is 10.2 Å². The number of hydrogen-bond acceptors (Lipinski definition) is 2. The molecule has 0 spiro atoms. The number of nitrogens with zero attached hydrogens (tertiary/aromatic N) is 1. The molecule has 0 bridgehead atoms. The van der Waals surface area contributed by atoms with Crippen LogP contribution in [0.3, 0.4) is 0 Å². The Morgan fingerprint density at radius 3 is 2.25 bits per heavy atom. The minimum atomic E-state index is -0.903. The smallest absolute Gasteiger partial charge is 0.317 e. The molecule has 1 atom stereocenters. The number of carbonyl (C=O) groups is 2. The Morgan fingerprint density at radius 1 is 1.31 bits per heavy atom. The third-order valence-electron chi connectivity index (χ3n) is 2.11. The summed E-state index contributed by atoms with van der Waals surface area (Å²) in [7, 11) is 0. The Morgan fingerprint density at radius 2 is 1.88 bits per heavy atom. The number of carboxylic acids is 1. The van der Waals surface area contributed by atoms with Gasteiger partial charge >= 0.3 is 12.0 Å². The quantitative estimate of drug-likeness (QED) is 0.727. The molecule has 0 aliphatic rings. The number of nitrogens with one attached hydrogen (secondary N) is 1. The summed E-state index contributed by atoms with van der Waals surface area (Å²) in [5, 5.41) is 11.2. The first-order valence-corrected chi connectivity index (χ1v) is 5.64. The van der Waals surface area contributed by atoms with E-state index in [2.05, 4.69) is 5.32 Å². The van der Waals surface area contributed by atoms with E-state index in [0.29, 0.717) is 19.0 Å². The molecule has 16 heavy (non-hydrogen) atoms. The average Bonchev–Trinajstić information content (AvgIpc) is 2.11. The highest BCUT2D eigenvalue weighted by Crippen LogP contribution is 2.00. The molecular weight excluding hydrogens is 208 g/mol. The Hall–Kier alpha value is -1.26. The van der Waals surface area contributed by atoms with Crippen LogP contribution < -0.4 is 5.32 Å². The number of rotatable bonds is 6. The van der Waals surface area contributed by atoms with Crippen molar-refractivity contribution in [3.8, 4) is 0 Å². The summed E-state index contributed by atoms with van der Waals surface area (Å²) in [4.78, 5) is 23.9. The van der Waals surface area contributed by atoms with Crippen LogP contribution in [0.15, 0.2) is 0 Å². The number of carbonyl (C=O) groups excluding carboxylic acids is 1. The Bertz CT molecular complexity index is 241. The number of urea groups is 1.